The molecule has 1 saturated heterocycles. The van der Waals surface area contributed by atoms with Crippen LogP contribution in [-0.4, -0.2) is 48.2 Å². The van der Waals surface area contributed by atoms with Gasteiger partial charge in [0.05, 0.1) is 17.5 Å². The fourth-order valence-electron chi connectivity index (χ4n) is 3.59. The number of rotatable bonds is 5. The summed E-state index contributed by atoms with van der Waals surface area (Å²) < 4.78 is 3.63. The second-order valence-corrected chi connectivity index (χ2v) is 7.91. The average Bonchev–Trinajstić information content (AvgIpc) is 3.40. The number of amides is 1. The van der Waals surface area contributed by atoms with E-state index < -0.39 is 5.54 Å². The number of piperidine rings is 1. The Bertz CT molecular complexity index is 906. The third-order valence-corrected chi connectivity index (χ3v) is 6.19. The Hall–Kier alpha value is -2.52. The molecule has 0 unspecified atom stereocenters. The van der Waals surface area contributed by atoms with Crippen molar-refractivity contribution in [2.75, 3.05) is 18.4 Å². The molecule has 27 heavy (non-hydrogen) atoms. The maximum Gasteiger partial charge on any atom is 0.251 e. The van der Waals surface area contributed by atoms with Crippen molar-refractivity contribution >= 4 is 23.1 Å². The third kappa shape index (κ3) is 3.52. The number of aromatic nitrogens is 5. The minimum Gasteiger partial charge on any atom is -0.322 e. The van der Waals surface area contributed by atoms with Gasteiger partial charge in [-0.3, -0.25) is 14.4 Å². The van der Waals surface area contributed by atoms with Crippen molar-refractivity contribution in [1.82, 2.24) is 29.2 Å². The summed E-state index contributed by atoms with van der Waals surface area (Å²) in [6, 6.07) is 1.81. The Kier molecular flexibility index (Phi) is 4.79. The van der Waals surface area contributed by atoms with Gasteiger partial charge in [0.1, 0.15) is 5.54 Å². The molecule has 4 rings (SSSR count). The van der Waals surface area contributed by atoms with E-state index in [0.717, 1.165) is 38.2 Å². The molecule has 4 heterocycles. The second-order valence-electron chi connectivity index (χ2n) is 6.97. The number of carbonyl (C=O) groups excluding carboxylic acids is 1. The zero-order chi connectivity index (χ0) is 18.9. The van der Waals surface area contributed by atoms with Gasteiger partial charge >= 0.3 is 0 Å². The van der Waals surface area contributed by atoms with Crippen LogP contribution >= 0.6 is 11.3 Å². The van der Waals surface area contributed by atoms with Gasteiger partial charge in [-0.2, -0.15) is 5.10 Å². The van der Waals surface area contributed by atoms with Gasteiger partial charge in [-0.15, -0.1) is 11.3 Å². The molecule has 142 valence electrons. The molecule has 0 radical (unpaired) electrons. The topological polar surface area (TPSA) is 80.9 Å². The standard InChI is InChI=1S/C18H23N7OS/c1-14-15(27-13-20-14)11-24-8-4-18(5-9-24,25-10-6-19-12-25)17(26)21-16-3-7-23(2)22-16/h3,6-7,10,12-13H,4-5,8-9,11H2,1-2H3,(H,21,22,26). The van der Waals surface area contributed by atoms with E-state index in [4.69, 9.17) is 0 Å². The summed E-state index contributed by atoms with van der Waals surface area (Å²) in [5.74, 6) is 0.539. The number of nitrogens with one attached hydrogen (secondary N) is 1. The summed E-state index contributed by atoms with van der Waals surface area (Å²) in [7, 11) is 1.83. The highest BCUT2D eigenvalue weighted by Gasteiger charge is 2.43. The predicted molar refractivity (Wildman–Crippen MR) is 103 cm³/mol. The summed E-state index contributed by atoms with van der Waals surface area (Å²) in [5.41, 5.74) is 2.34. The number of imidazole rings is 1. The molecule has 0 aliphatic carbocycles. The Balaban J connectivity index is 1.51. The number of thiazole rings is 1. The number of hydrogen-bond donors (Lipinski definition) is 1. The Labute approximate surface area is 161 Å². The Morgan fingerprint density at radius 2 is 2.15 bits per heavy atom. The quantitative estimate of drug-likeness (QED) is 0.727. The van der Waals surface area contributed by atoms with Crippen molar-refractivity contribution in [2.45, 2.75) is 31.8 Å². The van der Waals surface area contributed by atoms with Gasteiger partial charge in [0.2, 0.25) is 0 Å². The van der Waals surface area contributed by atoms with E-state index in [9.17, 15) is 4.79 Å². The lowest BCUT2D eigenvalue weighted by atomic mass is 9.86. The van der Waals surface area contributed by atoms with E-state index in [0.29, 0.717) is 5.82 Å². The lowest BCUT2D eigenvalue weighted by Crippen LogP contribution is -2.52. The van der Waals surface area contributed by atoms with Crippen LogP contribution in [0.5, 0.6) is 0 Å². The Morgan fingerprint density at radius 1 is 1.33 bits per heavy atom. The maximum atomic E-state index is 13.2. The molecule has 0 saturated carbocycles. The molecule has 3 aromatic heterocycles. The number of hydrogen-bond acceptors (Lipinski definition) is 6. The monoisotopic (exact) mass is 385 g/mol. The molecule has 8 nitrogen and oxygen atoms in total. The largest absolute Gasteiger partial charge is 0.322 e. The van der Waals surface area contributed by atoms with Crippen molar-refractivity contribution in [2.24, 2.45) is 7.05 Å². The number of likely N-dealkylation sites (tertiary alicyclic amines) is 1. The zero-order valence-electron chi connectivity index (χ0n) is 15.5. The highest BCUT2D eigenvalue weighted by molar-refractivity contribution is 7.09. The predicted octanol–water partition coefficient (Wildman–Crippen LogP) is 2.01. The van der Waals surface area contributed by atoms with Crippen molar-refractivity contribution in [3.8, 4) is 0 Å². The minimum absolute atomic E-state index is 0.0344. The summed E-state index contributed by atoms with van der Waals surface area (Å²) in [6.45, 7) is 4.61. The summed E-state index contributed by atoms with van der Waals surface area (Å²) in [4.78, 5) is 25.4. The van der Waals surface area contributed by atoms with Gasteiger partial charge in [0.15, 0.2) is 5.82 Å². The van der Waals surface area contributed by atoms with Gasteiger partial charge in [0.25, 0.3) is 5.91 Å². The first-order valence-electron chi connectivity index (χ1n) is 8.98. The van der Waals surface area contributed by atoms with E-state index in [1.165, 1.54) is 4.88 Å². The van der Waals surface area contributed by atoms with E-state index >= 15 is 0 Å². The highest BCUT2D eigenvalue weighted by atomic mass is 32.1. The summed E-state index contributed by atoms with van der Waals surface area (Å²) >= 11 is 1.69. The van der Waals surface area contributed by atoms with Crippen LogP contribution in [0.15, 0.2) is 36.5 Å². The van der Waals surface area contributed by atoms with Crippen molar-refractivity contribution in [3.05, 3.63) is 47.1 Å². The van der Waals surface area contributed by atoms with Crippen LogP contribution in [0, 0.1) is 6.92 Å². The number of anilines is 1. The number of carbonyl (C=O) groups is 1. The van der Waals surface area contributed by atoms with E-state index in [2.05, 4.69) is 25.3 Å². The summed E-state index contributed by atoms with van der Waals surface area (Å²) in [6.07, 6.45) is 8.60. The normalized spacial score (nSPS) is 17.1. The van der Waals surface area contributed by atoms with Gasteiger partial charge in [0, 0.05) is 56.2 Å². The molecule has 0 bridgehead atoms. The fraction of sp³-hybridized carbons (Fsp3) is 0.444. The lowest BCUT2D eigenvalue weighted by Gasteiger charge is -2.41. The third-order valence-electron chi connectivity index (χ3n) is 5.27. The average molecular weight is 385 g/mol. The highest BCUT2D eigenvalue weighted by Crippen LogP contribution is 2.32. The Morgan fingerprint density at radius 3 is 2.74 bits per heavy atom. The zero-order valence-corrected chi connectivity index (χ0v) is 16.3. The van der Waals surface area contributed by atoms with E-state index in [1.54, 1.807) is 34.6 Å². The van der Waals surface area contributed by atoms with Crippen LogP contribution in [0.1, 0.15) is 23.4 Å². The molecule has 1 aliphatic rings. The maximum absolute atomic E-state index is 13.2. The van der Waals surface area contributed by atoms with Crippen LogP contribution in [0.4, 0.5) is 5.82 Å². The minimum atomic E-state index is -0.646. The molecular formula is C18H23N7OS. The van der Waals surface area contributed by atoms with Crippen LogP contribution in [0.2, 0.25) is 0 Å². The van der Waals surface area contributed by atoms with Crippen molar-refractivity contribution < 1.29 is 4.79 Å². The molecule has 1 fully saturated rings. The molecular weight excluding hydrogens is 362 g/mol. The fourth-order valence-corrected chi connectivity index (χ4v) is 4.41. The van der Waals surface area contributed by atoms with E-state index in [1.807, 2.05) is 36.4 Å². The van der Waals surface area contributed by atoms with Crippen LogP contribution in [0.3, 0.4) is 0 Å². The van der Waals surface area contributed by atoms with Crippen LogP contribution in [0.25, 0.3) is 0 Å². The molecule has 3 aromatic rings. The second kappa shape index (κ2) is 7.24. The molecule has 1 amide bonds. The number of aryl methyl sites for hydroxylation is 2. The first-order chi connectivity index (χ1) is 13.1. The van der Waals surface area contributed by atoms with Crippen molar-refractivity contribution in [3.63, 3.8) is 0 Å². The first-order valence-corrected chi connectivity index (χ1v) is 9.86. The van der Waals surface area contributed by atoms with Gasteiger partial charge in [-0.25, -0.2) is 9.97 Å². The summed E-state index contributed by atoms with van der Waals surface area (Å²) in [5, 5.41) is 7.26. The molecule has 0 spiro atoms. The molecule has 9 heteroatoms. The molecule has 0 aromatic carbocycles. The molecule has 1 aliphatic heterocycles. The lowest BCUT2D eigenvalue weighted by molar-refractivity contribution is -0.127. The smallest absolute Gasteiger partial charge is 0.251 e. The van der Waals surface area contributed by atoms with Gasteiger partial charge < -0.3 is 9.88 Å². The number of nitrogens with zero attached hydrogens (tertiary/aromatic N) is 6. The first kappa shape index (κ1) is 17.9. The van der Waals surface area contributed by atoms with Gasteiger partial charge in [-0.1, -0.05) is 0 Å². The van der Waals surface area contributed by atoms with E-state index in [-0.39, 0.29) is 5.91 Å². The molecule has 0 atom stereocenters. The van der Waals surface area contributed by atoms with Crippen LogP contribution in [-0.2, 0) is 23.9 Å². The van der Waals surface area contributed by atoms with Crippen molar-refractivity contribution in [1.29, 1.82) is 0 Å². The SMILES string of the molecule is Cc1ncsc1CN1CCC(C(=O)Nc2ccn(C)n2)(n2ccnc2)CC1. The van der Waals surface area contributed by atoms with Crippen LogP contribution < -0.4 is 5.32 Å². The van der Waals surface area contributed by atoms with Gasteiger partial charge in [-0.05, 0) is 19.8 Å². The molecule has 1 N–H and O–H groups in total.